The number of aromatic hydroxyl groups is 1. The van der Waals surface area contributed by atoms with Crippen molar-refractivity contribution in [3.8, 4) is 17.4 Å². The maximum absolute atomic E-state index is 13.1. The molecule has 0 unspecified atom stereocenters. The zero-order valence-electron chi connectivity index (χ0n) is 16.5. The van der Waals surface area contributed by atoms with Crippen LogP contribution in [0.5, 0.6) is 17.4 Å². The van der Waals surface area contributed by atoms with Gasteiger partial charge in [0.2, 0.25) is 12.7 Å². The predicted octanol–water partition coefficient (Wildman–Crippen LogP) is 2.46. The first-order valence-electron chi connectivity index (χ1n) is 9.42. The summed E-state index contributed by atoms with van der Waals surface area (Å²) in [6.45, 7) is 1.80. The molecule has 7 nitrogen and oxygen atoms in total. The molecule has 3 aromatic rings. The van der Waals surface area contributed by atoms with Crippen molar-refractivity contribution in [1.82, 2.24) is 9.47 Å². The monoisotopic (exact) mass is 393 g/mol. The van der Waals surface area contributed by atoms with Crippen molar-refractivity contribution >= 4 is 17.0 Å². The summed E-state index contributed by atoms with van der Waals surface area (Å²) in [6.07, 6.45) is 1.65. The number of aromatic nitrogens is 1. The molecule has 0 bridgehead atoms. The Hall–Kier alpha value is -3.32. The first-order chi connectivity index (χ1) is 14.0. The lowest BCUT2D eigenvalue weighted by molar-refractivity contribution is 0.174. The Kier molecular flexibility index (Phi) is 5.22. The highest BCUT2D eigenvalue weighted by Crippen LogP contribution is 2.33. The summed E-state index contributed by atoms with van der Waals surface area (Å²) in [7, 11) is 3.96. The van der Waals surface area contributed by atoms with Gasteiger partial charge in [-0.05, 0) is 37.9 Å². The molecule has 2 heterocycles. The first-order valence-corrected chi connectivity index (χ1v) is 9.42. The molecular weight excluding hydrogens is 370 g/mol. The van der Waals surface area contributed by atoms with Gasteiger partial charge in [-0.15, -0.1) is 0 Å². The Balaban J connectivity index is 1.76. The molecule has 1 aromatic heterocycles. The molecule has 0 radical (unpaired) electrons. The van der Waals surface area contributed by atoms with Crippen LogP contribution in [0.3, 0.4) is 0 Å². The Bertz CT molecular complexity index is 1130. The second kappa shape index (κ2) is 7.97. The van der Waals surface area contributed by atoms with E-state index in [-0.39, 0.29) is 24.8 Å². The summed E-state index contributed by atoms with van der Waals surface area (Å²) in [4.78, 5) is 19.5. The second-order valence-corrected chi connectivity index (χ2v) is 7.20. The van der Waals surface area contributed by atoms with Gasteiger partial charge >= 0.3 is 0 Å². The van der Waals surface area contributed by atoms with Crippen LogP contribution in [0.4, 0.5) is 0 Å². The Morgan fingerprint density at radius 3 is 2.69 bits per heavy atom. The van der Waals surface area contributed by atoms with E-state index in [9.17, 15) is 9.90 Å². The van der Waals surface area contributed by atoms with E-state index in [2.05, 4.69) is 4.99 Å². The maximum Gasteiger partial charge on any atom is 0.261 e. The highest BCUT2D eigenvalue weighted by atomic mass is 16.7. The van der Waals surface area contributed by atoms with Crippen LogP contribution in [0.25, 0.3) is 10.8 Å². The van der Waals surface area contributed by atoms with Crippen LogP contribution in [-0.2, 0) is 6.54 Å². The average Bonchev–Trinajstić information content (AvgIpc) is 3.18. The van der Waals surface area contributed by atoms with Gasteiger partial charge in [0.25, 0.3) is 5.56 Å². The van der Waals surface area contributed by atoms with Gasteiger partial charge < -0.3 is 19.5 Å². The van der Waals surface area contributed by atoms with E-state index in [0.29, 0.717) is 34.4 Å². The first kappa shape index (κ1) is 19.0. The van der Waals surface area contributed by atoms with Crippen LogP contribution in [-0.4, -0.2) is 54.8 Å². The van der Waals surface area contributed by atoms with Gasteiger partial charge in [0.1, 0.15) is 0 Å². The molecule has 0 saturated carbocycles. The fourth-order valence-corrected chi connectivity index (χ4v) is 3.32. The van der Waals surface area contributed by atoms with Gasteiger partial charge in [-0.25, -0.2) is 0 Å². The zero-order chi connectivity index (χ0) is 20.4. The zero-order valence-corrected chi connectivity index (χ0v) is 16.5. The number of hydrogen-bond acceptors (Lipinski definition) is 6. The lowest BCUT2D eigenvalue weighted by Crippen LogP contribution is -2.22. The fraction of sp³-hybridized carbons (Fsp3) is 0.273. The van der Waals surface area contributed by atoms with Gasteiger partial charge in [0.05, 0.1) is 18.7 Å². The third-order valence-corrected chi connectivity index (χ3v) is 4.86. The number of aliphatic imine (C=N–C) groups is 1. The number of rotatable bonds is 6. The van der Waals surface area contributed by atoms with E-state index in [4.69, 9.17) is 9.47 Å². The van der Waals surface area contributed by atoms with E-state index in [0.717, 1.165) is 12.1 Å². The molecule has 29 heavy (non-hydrogen) atoms. The van der Waals surface area contributed by atoms with Crippen LogP contribution < -0.4 is 15.0 Å². The normalized spacial score (nSPS) is 13.1. The summed E-state index contributed by atoms with van der Waals surface area (Å²) in [5.74, 6) is 1.22. The molecule has 0 saturated heterocycles. The lowest BCUT2D eigenvalue weighted by Gasteiger charge is -2.14. The number of pyridine rings is 1. The van der Waals surface area contributed by atoms with Crippen molar-refractivity contribution in [3.63, 3.8) is 0 Å². The van der Waals surface area contributed by atoms with Crippen LogP contribution >= 0.6 is 0 Å². The Morgan fingerprint density at radius 1 is 1.14 bits per heavy atom. The molecule has 7 heteroatoms. The topological polar surface area (TPSA) is 76.3 Å². The molecule has 2 aromatic carbocycles. The third-order valence-electron chi connectivity index (χ3n) is 4.86. The van der Waals surface area contributed by atoms with Crippen LogP contribution in [0, 0.1) is 0 Å². The van der Waals surface area contributed by atoms with Gasteiger partial charge in [-0.1, -0.05) is 24.3 Å². The number of hydrogen-bond donors (Lipinski definition) is 1. The van der Waals surface area contributed by atoms with Crippen molar-refractivity contribution in [3.05, 3.63) is 63.9 Å². The minimum Gasteiger partial charge on any atom is -0.494 e. The summed E-state index contributed by atoms with van der Waals surface area (Å²) < 4.78 is 12.1. The van der Waals surface area contributed by atoms with E-state index < -0.39 is 0 Å². The van der Waals surface area contributed by atoms with Gasteiger partial charge in [0.15, 0.2) is 11.5 Å². The average molecular weight is 393 g/mol. The van der Waals surface area contributed by atoms with Crippen LogP contribution in [0.2, 0.25) is 0 Å². The van der Waals surface area contributed by atoms with Crippen molar-refractivity contribution in [2.45, 2.75) is 6.54 Å². The molecule has 1 aliphatic heterocycles. The largest absolute Gasteiger partial charge is 0.494 e. The minimum atomic E-state index is -0.249. The Labute approximate surface area is 168 Å². The number of likely N-dealkylation sites (N-methyl/N-ethyl adjacent to an activating group) is 1. The van der Waals surface area contributed by atoms with Gasteiger partial charge in [-0.3, -0.25) is 14.4 Å². The summed E-state index contributed by atoms with van der Waals surface area (Å²) in [6, 6.07) is 12.8. The standard InChI is InChI=1S/C22H23N3O4/c1-24(2)10-9-23-12-18-16-5-3-4-6-17(16)21(26)25(22(18)27)13-15-7-8-19-20(11-15)29-14-28-19/h3-8,11-12,27H,9-10,13-14H2,1-2H3. The molecule has 0 spiro atoms. The van der Waals surface area contributed by atoms with E-state index in [1.54, 1.807) is 12.3 Å². The molecule has 1 N–H and O–H groups in total. The molecule has 0 atom stereocenters. The quantitative estimate of drug-likeness (QED) is 0.651. The maximum atomic E-state index is 13.1. The predicted molar refractivity (Wildman–Crippen MR) is 113 cm³/mol. The van der Waals surface area contributed by atoms with E-state index in [1.165, 1.54) is 4.57 Å². The molecule has 4 rings (SSSR count). The van der Waals surface area contributed by atoms with Gasteiger partial charge in [-0.2, -0.15) is 0 Å². The van der Waals surface area contributed by atoms with Crippen molar-refractivity contribution in [2.75, 3.05) is 34.0 Å². The lowest BCUT2D eigenvalue weighted by atomic mass is 10.1. The van der Waals surface area contributed by atoms with E-state index in [1.807, 2.05) is 55.4 Å². The molecule has 0 aliphatic carbocycles. The van der Waals surface area contributed by atoms with Crippen LogP contribution in [0.1, 0.15) is 11.1 Å². The number of nitrogens with zero attached hydrogens (tertiary/aromatic N) is 3. The third kappa shape index (κ3) is 3.82. The summed E-state index contributed by atoms with van der Waals surface area (Å²) in [5.41, 5.74) is 1.12. The highest BCUT2D eigenvalue weighted by Gasteiger charge is 2.17. The SMILES string of the molecule is CN(C)CCN=Cc1c(O)n(Cc2ccc3c(c2)OCO3)c(=O)c2ccccc12. The number of ether oxygens (including phenoxy) is 2. The minimum absolute atomic E-state index is 0.0973. The molecular formula is C22H23N3O4. The second-order valence-electron chi connectivity index (χ2n) is 7.20. The van der Waals surface area contributed by atoms with Crippen molar-refractivity contribution < 1.29 is 14.6 Å². The van der Waals surface area contributed by atoms with Crippen LogP contribution in [0.15, 0.2) is 52.3 Å². The van der Waals surface area contributed by atoms with Gasteiger partial charge in [0, 0.05) is 23.5 Å². The summed E-state index contributed by atoms with van der Waals surface area (Å²) in [5, 5.41) is 12.2. The fourth-order valence-electron chi connectivity index (χ4n) is 3.32. The smallest absolute Gasteiger partial charge is 0.261 e. The number of fused-ring (bicyclic) bond motifs is 2. The highest BCUT2D eigenvalue weighted by molar-refractivity contribution is 6.01. The number of benzene rings is 2. The summed E-state index contributed by atoms with van der Waals surface area (Å²) >= 11 is 0. The molecule has 1 aliphatic rings. The molecule has 0 amide bonds. The van der Waals surface area contributed by atoms with Crippen molar-refractivity contribution in [1.29, 1.82) is 0 Å². The molecule has 150 valence electrons. The van der Waals surface area contributed by atoms with E-state index >= 15 is 0 Å². The Morgan fingerprint density at radius 2 is 1.90 bits per heavy atom. The van der Waals surface area contributed by atoms with Crippen molar-refractivity contribution in [2.24, 2.45) is 4.99 Å². The molecule has 0 fully saturated rings.